The summed E-state index contributed by atoms with van der Waals surface area (Å²) in [4.78, 5) is 0. The van der Waals surface area contributed by atoms with Crippen molar-refractivity contribution in [2.45, 2.75) is 13.0 Å². The number of aryl methyl sites for hydroxylation is 1. The first-order valence-electron chi connectivity index (χ1n) is 6.69. The number of fused-ring (bicyclic) bond motifs is 1. The molecule has 0 aromatic heterocycles. The molecule has 3 aromatic rings. The average molecular weight is 345 g/mol. The fraction of sp³-hybridized carbons (Fsp3) is 0.111. The Kier molecular flexibility index (Phi) is 3.79. The van der Waals surface area contributed by atoms with Crippen molar-refractivity contribution in [2.75, 3.05) is 0 Å². The summed E-state index contributed by atoms with van der Waals surface area (Å²) in [6.07, 6.45) is -0.800. The summed E-state index contributed by atoms with van der Waals surface area (Å²) in [7, 11) is 0. The van der Waals surface area contributed by atoms with Gasteiger partial charge in [-0.25, -0.2) is 4.39 Å². The number of hydrogen-bond acceptors (Lipinski definition) is 1. The van der Waals surface area contributed by atoms with Crippen LogP contribution < -0.4 is 0 Å². The second-order valence-corrected chi connectivity index (χ2v) is 5.94. The fourth-order valence-corrected chi connectivity index (χ4v) is 3.21. The van der Waals surface area contributed by atoms with E-state index in [-0.39, 0.29) is 5.82 Å². The Hall–Kier alpha value is -1.71. The van der Waals surface area contributed by atoms with E-state index < -0.39 is 6.10 Å². The third kappa shape index (κ3) is 2.59. The summed E-state index contributed by atoms with van der Waals surface area (Å²) < 4.78 is 13.8. The molecule has 106 valence electrons. The maximum atomic E-state index is 13.2. The monoisotopic (exact) mass is 344 g/mol. The van der Waals surface area contributed by atoms with E-state index in [2.05, 4.69) is 15.9 Å². The van der Waals surface area contributed by atoms with Crippen LogP contribution in [0.2, 0.25) is 0 Å². The van der Waals surface area contributed by atoms with Crippen LogP contribution in [0.1, 0.15) is 22.8 Å². The van der Waals surface area contributed by atoms with Gasteiger partial charge in [0.05, 0.1) is 0 Å². The van der Waals surface area contributed by atoms with E-state index in [9.17, 15) is 9.50 Å². The van der Waals surface area contributed by atoms with Crippen molar-refractivity contribution in [3.05, 3.63) is 81.6 Å². The van der Waals surface area contributed by atoms with Crippen LogP contribution in [0.25, 0.3) is 10.8 Å². The van der Waals surface area contributed by atoms with Crippen LogP contribution in [0.5, 0.6) is 0 Å². The number of hydrogen-bond donors (Lipinski definition) is 1. The molecule has 1 unspecified atom stereocenters. The summed E-state index contributed by atoms with van der Waals surface area (Å²) in [5, 5.41) is 12.9. The molecule has 0 fully saturated rings. The van der Waals surface area contributed by atoms with E-state index in [0.29, 0.717) is 10.0 Å². The first kappa shape index (κ1) is 14.2. The van der Waals surface area contributed by atoms with Gasteiger partial charge in [0.15, 0.2) is 0 Å². The van der Waals surface area contributed by atoms with Gasteiger partial charge in [-0.2, -0.15) is 0 Å². The smallest absolute Gasteiger partial charge is 0.124 e. The first-order valence-corrected chi connectivity index (χ1v) is 7.48. The van der Waals surface area contributed by atoms with Crippen LogP contribution in [0.4, 0.5) is 4.39 Å². The SMILES string of the molecule is Cc1ccc2ccccc2c1C(O)c1ccc(F)cc1Br. The van der Waals surface area contributed by atoms with Gasteiger partial charge in [0.25, 0.3) is 0 Å². The van der Waals surface area contributed by atoms with Gasteiger partial charge >= 0.3 is 0 Å². The lowest BCUT2D eigenvalue weighted by atomic mass is 9.92. The Labute approximate surface area is 131 Å². The van der Waals surface area contributed by atoms with Gasteiger partial charge in [0, 0.05) is 4.47 Å². The summed E-state index contributed by atoms with van der Waals surface area (Å²) >= 11 is 3.33. The van der Waals surface area contributed by atoms with Crippen LogP contribution in [-0.2, 0) is 0 Å². The molecule has 1 atom stereocenters. The number of benzene rings is 3. The van der Waals surface area contributed by atoms with Crippen LogP contribution >= 0.6 is 15.9 Å². The minimum absolute atomic E-state index is 0.326. The molecule has 1 nitrogen and oxygen atoms in total. The molecule has 0 spiro atoms. The van der Waals surface area contributed by atoms with Gasteiger partial charge in [0.1, 0.15) is 11.9 Å². The Morgan fingerprint density at radius 1 is 1.05 bits per heavy atom. The van der Waals surface area contributed by atoms with Gasteiger partial charge in [-0.1, -0.05) is 58.4 Å². The molecule has 3 rings (SSSR count). The molecule has 3 heteroatoms. The van der Waals surface area contributed by atoms with Gasteiger partial charge in [-0.3, -0.25) is 0 Å². The highest BCUT2D eigenvalue weighted by Crippen LogP contribution is 2.35. The van der Waals surface area contributed by atoms with Crippen LogP contribution in [-0.4, -0.2) is 5.11 Å². The zero-order valence-electron chi connectivity index (χ0n) is 11.5. The topological polar surface area (TPSA) is 20.2 Å². The zero-order valence-corrected chi connectivity index (χ0v) is 13.1. The molecule has 0 aliphatic heterocycles. The number of aliphatic hydroxyl groups is 1. The average Bonchev–Trinajstić information content (AvgIpc) is 2.46. The van der Waals surface area contributed by atoms with E-state index >= 15 is 0 Å². The van der Waals surface area contributed by atoms with Gasteiger partial charge < -0.3 is 5.11 Å². The largest absolute Gasteiger partial charge is 0.384 e. The fourth-order valence-electron chi connectivity index (χ4n) is 2.65. The van der Waals surface area contributed by atoms with Crippen molar-refractivity contribution in [2.24, 2.45) is 0 Å². The lowest BCUT2D eigenvalue weighted by molar-refractivity contribution is 0.220. The molecule has 1 N–H and O–H groups in total. The molecule has 0 aliphatic carbocycles. The predicted octanol–water partition coefficient (Wildman–Crippen LogP) is 5.13. The lowest BCUT2D eigenvalue weighted by Crippen LogP contribution is -2.04. The second-order valence-electron chi connectivity index (χ2n) is 5.09. The first-order chi connectivity index (χ1) is 10.1. The Balaban J connectivity index is 2.21. The Morgan fingerprint density at radius 3 is 2.57 bits per heavy atom. The van der Waals surface area contributed by atoms with Crippen molar-refractivity contribution in [3.8, 4) is 0 Å². The molecular formula is C18H14BrFO. The van der Waals surface area contributed by atoms with E-state index in [1.807, 2.05) is 43.3 Å². The van der Waals surface area contributed by atoms with E-state index in [4.69, 9.17) is 0 Å². The molecule has 0 aliphatic rings. The van der Waals surface area contributed by atoms with Gasteiger partial charge in [-0.15, -0.1) is 0 Å². The predicted molar refractivity (Wildman–Crippen MR) is 86.8 cm³/mol. The third-order valence-electron chi connectivity index (χ3n) is 3.72. The van der Waals surface area contributed by atoms with Crippen LogP contribution in [0, 0.1) is 12.7 Å². The highest BCUT2D eigenvalue weighted by molar-refractivity contribution is 9.10. The molecule has 3 aromatic carbocycles. The molecule has 0 amide bonds. The van der Waals surface area contributed by atoms with Crippen LogP contribution in [0.15, 0.2) is 59.1 Å². The Bertz CT molecular complexity index is 813. The molecule has 21 heavy (non-hydrogen) atoms. The van der Waals surface area contributed by atoms with Crippen molar-refractivity contribution in [1.82, 2.24) is 0 Å². The number of aliphatic hydroxyl groups excluding tert-OH is 1. The Morgan fingerprint density at radius 2 is 1.81 bits per heavy atom. The van der Waals surface area contributed by atoms with Crippen molar-refractivity contribution < 1.29 is 9.50 Å². The van der Waals surface area contributed by atoms with Crippen molar-refractivity contribution >= 4 is 26.7 Å². The minimum Gasteiger partial charge on any atom is -0.384 e. The van der Waals surface area contributed by atoms with Crippen molar-refractivity contribution in [3.63, 3.8) is 0 Å². The van der Waals surface area contributed by atoms with E-state index in [0.717, 1.165) is 21.9 Å². The quantitative estimate of drug-likeness (QED) is 0.683. The summed E-state index contributed by atoms with van der Waals surface area (Å²) in [6, 6.07) is 16.3. The second kappa shape index (κ2) is 5.58. The maximum absolute atomic E-state index is 13.2. The standard InChI is InChI=1S/C18H14BrFO/c1-11-6-7-12-4-2-3-5-14(12)17(11)18(21)15-9-8-13(20)10-16(15)19/h2-10,18,21H,1H3. The molecule has 0 bridgehead atoms. The molecule has 0 saturated heterocycles. The van der Waals surface area contributed by atoms with Crippen LogP contribution in [0.3, 0.4) is 0 Å². The molecular weight excluding hydrogens is 331 g/mol. The summed E-state index contributed by atoms with van der Waals surface area (Å²) in [5.41, 5.74) is 2.54. The highest BCUT2D eigenvalue weighted by Gasteiger charge is 2.18. The molecule has 0 radical (unpaired) electrons. The minimum atomic E-state index is -0.800. The van der Waals surface area contributed by atoms with Gasteiger partial charge in [0.2, 0.25) is 0 Å². The molecule has 0 saturated carbocycles. The number of rotatable bonds is 2. The summed E-state index contributed by atoms with van der Waals surface area (Å²) in [6.45, 7) is 1.97. The van der Waals surface area contributed by atoms with Crippen molar-refractivity contribution in [1.29, 1.82) is 0 Å². The highest BCUT2D eigenvalue weighted by atomic mass is 79.9. The van der Waals surface area contributed by atoms with E-state index in [1.165, 1.54) is 12.1 Å². The van der Waals surface area contributed by atoms with Gasteiger partial charge in [-0.05, 0) is 46.5 Å². The third-order valence-corrected chi connectivity index (χ3v) is 4.41. The number of halogens is 2. The maximum Gasteiger partial charge on any atom is 0.124 e. The normalized spacial score (nSPS) is 12.6. The molecule has 0 heterocycles. The zero-order chi connectivity index (χ0) is 15.0. The lowest BCUT2D eigenvalue weighted by Gasteiger charge is -2.18. The van der Waals surface area contributed by atoms with E-state index in [1.54, 1.807) is 6.07 Å². The summed E-state index contributed by atoms with van der Waals surface area (Å²) in [5.74, 6) is -0.326.